The van der Waals surface area contributed by atoms with Crippen molar-refractivity contribution in [3.63, 3.8) is 0 Å². The molecule has 3 rings (SSSR count). The van der Waals surface area contributed by atoms with Gasteiger partial charge in [0.15, 0.2) is 0 Å². The number of nitrogens with two attached hydrogens (primary N) is 1. The Bertz CT molecular complexity index is 702. The Labute approximate surface area is 111 Å². The van der Waals surface area contributed by atoms with Crippen LogP contribution in [0.15, 0.2) is 49.1 Å². The van der Waals surface area contributed by atoms with Gasteiger partial charge in [-0.3, -0.25) is 4.98 Å². The average Bonchev–Trinajstić information content (AvgIpc) is 2.82. The molecule has 3 aromatic rings. The van der Waals surface area contributed by atoms with Gasteiger partial charge in [-0.25, -0.2) is 4.98 Å². The minimum absolute atomic E-state index is 0.0787. The van der Waals surface area contributed by atoms with Crippen LogP contribution in [0.25, 0.3) is 11.0 Å². The minimum atomic E-state index is -0.0787. The van der Waals surface area contributed by atoms with Gasteiger partial charge in [-0.05, 0) is 30.2 Å². The van der Waals surface area contributed by atoms with Crippen molar-refractivity contribution >= 4 is 11.0 Å². The Morgan fingerprint density at radius 1 is 1.26 bits per heavy atom. The van der Waals surface area contributed by atoms with E-state index < -0.39 is 0 Å². The van der Waals surface area contributed by atoms with Crippen molar-refractivity contribution in [1.29, 1.82) is 0 Å². The number of nitrogens with zero attached hydrogens (tertiary/aromatic N) is 3. The molecule has 4 nitrogen and oxygen atoms in total. The number of pyridine rings is 1. The van der Waals surface area contributed by atoms with Crippen molar-refractivity contribution in [3.05, 3.63) is 60.2 Å². The van der Waals surface area contributed by atoms with E-state index in [1.54, 1.807) is 0 Å². The highest BCUT2D eigenvalue weighted by atomic mass is 15.1. The highest BCUT2D eigenvalue weighted by Crippen LogP contribution is 2.17. The van der Waals surface area contributed by atoms with E-state index in [0.29, 0.717) is 6.54 Å². The van der Waals surface area contributed by atoms with Crippen LogP contribution in [0.2, 0.25) is 0 Å². The van der Waals surface area contributed by atoms with Gasteiger partial charge in [0, 0.05) is 25.0 Å². The molecule has 0 radical (unpaired) electrons. The lowest BCUT2D eigenvalue weighted by Crippen LogP contribution is -2.17. The van der Waals surface area contributed by atoms with E-state index in [2.05, 4.69) is 26.7 Å². The lowest BCUT2D eigenvalue weighted by atomic mass is 10.1. The second-order valence-corrected chi connectivity index (χ2v) is 4.79. The molecule has 0 spiro atoms. The van der Waals surface area contributed by atoms with Gasteiger partial charge in [0.2, 0.25) is 0 Å². The fraction of sp³-hybridized carbons (Fsp3) is 0.200. The summed E-state index contributed by atoms with van der Waals surface area (Å²) in [5, 5.41) is 0. The van der Waals surface area contributed by atoms with Gasteiger partial charge >= 0.3 is 0 Å². The summed E-state index contributed by atoms with van der Waals surface area (Å²) in [4.78, 5) is 8.57. The van der Waals surface area contributed by atoms with Crippen LogP contribution in [0.1, 0.15) is 17.2 Å². The third-order valence-corrected chi connectivity index (χ3v) is 3.25. The molecule has 19 heavy (non-hydrogen) atoms. The summed E-state index contributed by atoms with van der Waals surface area (Å²) in [6, 6.07) is 10.1. The summed E-state index contributed by atoms with van der Waals surface area (Å²) in [7, 11) is 0. The van der Waals surface area contributed by atoms with Crippen molar-refractivity contribution in [3.8, 4) is 0 Å². The smallest absolute Gasteiger partial charge is 0.0958 e. The average molecular weight is 252 g/mol. The summed E-state index contributed by atoms with van der Waals surface area (Å²) in [5.41, 5.74) is 10.5. The summed E-state index contributed by atoms with van der Waals surface area (Å²) in [6.07, 6.45) is 5.51. The van der Waals surface area contributed by atoms with Crippen LogP contribution in [0.5, 0.6) is 0 Å². The molecular weight excluding hydrogens is 236 g/mol. The van der Waals surface area contributed by atoms with E-state index in [9.17, 15) is 0 Å². The largest absolute Gasteiger partial charge is 0.329 e. The normalized spacial score (nSPS) is 12.7. The summed E-state index contributed by atoms with van der Waals surface area (Å²) in [6.45, 7) is 2.72. The number of benzene rings is 1. The van der Waals surface area contributed by atoms with Crippen LogP contribution >= 0.6 is 0 Å². The molecule has 1 atom stereocenters. The fourth-order valence-electron chi connectivity index (χ4n) is 2.25. The van der Waals surface area contributed by atoms with Crippen molar-refractivity contribution < 1.29 is 0 Å². The van der Waals surface area contributed by atoms with E-state index in [4.69, 9.17) is 5.73 Å². The molecule has 0 saturated heterocycles. The minimum Gasteiger partial charge on any atom is -0.329 e. The van der Waals surface area contributed by atoms with Gasteiger partial charge in [-0.2, -0.15) is 0 Å². The second kappa shape index (κ2) is 4.82. The summed E-state index contributed by atoms with van der Waals surface area (Å²) in [5.74, 6) is 0. The number of hydrogen-bond donors (Lipinski definition) is 1. The molecule has 0 saturated carbocycles. The van der Waals surface area contributed by atoms with Gasteiger partial charge < -0.3 is 10.3 Å². The number of hydrogen-bond acceptors (Lipinski definition) is 3. The monoisotopic (exact) mass is 252 g/mol. The van der Waals surface area contributed by atoms with Gasteiger partial charge in [-0.1, -0.05) is 18.2 Å². The molecule has 4 heteroatoms. The zero-order valence-electron chi connectivity index (χ0n) is 10.8. The quantitative estimate of drug-likeness (QED) is 0.779. The Hall–Kier alpha value is -2.20. The van der Waals surface area contributed by atoms with Crippen LogP contribution in [-0.2, 0) is 6.54 Å². The van der Waals surface area contributed by atoms with E-state index in [1.807, 2.05) is 43.8 Å². The third-order valence-electron chi connectivity index (χ3n) is 3.25. The van der Waals surface area contributed by atoms with Gasteiger partial charge in [0.1, 0.15) is 0 Å². The molecule has 0 aliphatic carbocycles. The molecule has 0 bridgehead atoms. The predicted octanol–water partition coefficient (Wildman–Crippen LogP) is 2.44. The zero-order chi connectivity index (χ0) is 13.2. The molecule has 0 aliphatic rings. The standard InChI is InChI=1S/C15H16N4/c1-11-6-12(8-17-7-11)13(16)9-19-10-18-14-4-2-3-5-15(14)19/h2-8,10,13H,9,16H2,1H3. The van der Waals surface area contributed by atoms with Crippen molar-refractivity contribution in [1.82, 2.24) is 14.5 Å². The summed E-state index contributed by atoms with van der Waals surface area (Å²) >= 11 is 0. The van der Waals surface area contributed by atoms with Gasteiger partial charge in [0.05, 0.1) is 17.4 Å². The topological polar surface area (TPSA) is 56.7 Å². The number of para-hydroxylation sites is 2. The maximum atomic E-state index is 6.26. The fourth-order valence-corrected chi connectivity index (χ4v) is 2.25. The highest BCUT2D eigenvalue weighted by molar-refractivity contribution is 5.74. The number of rotatable bonds is 3. The second-order valence-electron chi connectivity index (χ2n) is 4.79. The molecule has 0 aliphatic heterocycles. The molecule has 2 aromatic heterocycles. The zero-order valence-corrected chi connectivity index (χ0v) is 10.8. The van der Waals surface area contributed by atoms with Crippen molar-refractivity contribution in [2.75, 3.05) is 0 Å². The molecule has 2 heterocycles. The third kappa shape index (κ3) is 2.35. The predicted molar refractivity (Wildman–Crippen MR) is 75.6 cm³/mol. The molecule has 0 amide bonds. The van der Waals surface area contributed by atoms with E-state index in [1.165, 1.54) is 0 Å². The van der Waals surface area contributed by atoms with Gasteiger partial charge in [-0.15, -0.1) is 0 Å². The van der Waals surface area contributed by atoms with E-state index in [0.717, 1.165) is 22.2 Å². The molecule has 96 valence electrons. The Morgan fingerprint density at radius 2 is 2.11 bits per heavy atom. The number of imidazole rings is 1. The van der Waals surface area contributed by atoms with Crippen LogP contribution in [-0.4, -0.2) is 14.5 Å². The number of aromatic nitrogens is 3. The first-order valence-electron chi connectivity index (χ1n) is 6.31. The maximum absolute atomic E-state index is 6.26. The first-order valence-corrected chi connectivity index (χ1v) is 6.31. The molecule has 2 N–H and O–H groups in total. The van der Waals surface area contributed by atoms with E-state index in [-0.39, 0.29) is 6.04 Å². The molecule has 0 fully saturated rings. The molecule has 1 unspecified atom stereocenters. The van der Waals surface area contributed by atoms with Gasteiger partial charge in [0.25, 0.3) is 0 Å². The lowest BCUT2D eigenvalue weighted by molar-refractivity contribution is 0.586. The van der Waals surface area contributed by atoms with Crippen LogP contribution < -0.4 is 5.73 Å². The highest BCUT2D eigenvalue weighted by Gasteiger charge is 2.09. The van der Waals surface area contributed by atoms with Crippen LogP contribution in [0, 0.1) is 6.92 Å². The van der Waals surface area contributed by atoms with Crippen molar-refractivity contribution in [2.45, 2.75) is 19.5 Å². The Morgan fingerprint density at radius 3 is 2.95 bits per heavy atom. The first kappa shape index (κ1) is 11.9. The first-order chi connectivity index (χ1) is 9.24. The van der Waals surface area contributed by atoms with Crippen LogP contribution in [0.4, 0.5) is 0 Å². The Balaban J connectivity index is 1.89. The maximum Gasteiger partial charge on any atom is 0.0958 e. The molecular formula is C15H16N4. The number of aryl methyl sites for hydroxylation is 1. The molecule has 1 aromatic carbocycles. The Kier molecular flexibility index (Phi) is 3.01. The van der Waals surface area contributed by atoms with Crippen LogP contribution in [0.3, 0.4) is 0 Å². The lowest BCUT2D eigenvalue weighted by Gasteiger charge is -2.13. The summed E-state index contributed by atoms with van der Waals surface area (Å²) < 4.78 is 2.09. The van der Waals surface area contributed by atoms with Crippen molar-refractivity contribution in [2.24, 2.45) is 5.73 Å². The van der Waals surface area contributed by atoms with E-state index >= 15 is 0 Å². The SMILES string of the molecule is Cc1cncc(C(N)Cn2cnc3ccccc32)c1. The number of fused-ring (bicyclic) bond motifs is 1.